The number of nitrogens with two attached hydrogens (primary N) is 1. The van der Waals surface area contributed by atoms with E-state index in [1.807, 2.05) is 38.1 Å². The average Bonchev–Trinajstić information content (AvgIpc) is 2.21. The number of benzene rings is 1. The Bertz CT molecular complexity index is 383. The van der Waals surface area contributed by atoms with E-state index in [4.69, 9.17) is 5.73 Å². The molecular weight excluding hydrogens is 304 g/mol. The third-order valence-corrected chi connectivity index (χ3v) is 3.07. The van der Waals surface area contributed by atoms with Gasteiger partial charge in [0.1, 0.15) is 0 Å². The van der Waals surface area contributed by atoms with Gasteiger partial charge in [-0.05, 0) is 25.5 Å². The summed E-state index contributed by atoms with van der Waals surface area (Å²) in [5.41, 5.74) is 6.18. The molecule has 5 heteroatoms. The molecule has 0 aliphatic carbocycles. The first-order chi connectivity index (χ1) is 7.44. The fourth-order valence-corrected chi connectivity index (χ4v) is 1.71. The van der Waals surface area contributed by atoms with E-state index < -0.39 is 0 Å². The van der Waals surface area contributed by atoms with Crippen LogP contribution in [0.25, 0.3) is 0 Å². The minimum Gasteiger partial charge on any atom is -0.350 e. The summed E-state index contributed by atoms with van der Waals surface area (Å²) >= 11 is 3.42. The number of carbonyl (C=O) groups is 1. The standard InChI is InChI=1S/C12H17BrN2O.ClH/c1-12(2,8-14)15-11(16)7-9-5-3-4-6-10(9)13;/h3-6H,7-8,14H2,1-2H3,(H,15,16);1H. The second kappa shape index (κ2) is 6.99. The quantitative estimate of drug-likeness (QED) is 0.894. The second-order valence-corrected chi connectivity index (χ2v) is 5.26. The summed E-state index contributed by atoms with van der Waals surface area (Å²) in [4.78, 5) is 11.8. The lowest BCUT2D eigenvalue weighted by Gasteiger charge is -2.24. The summed E-state index contributed by atoms with van der Waals surface area (Å²) in [5.74, 6) is -0.0117. The van der Waals surface area contributed by atoms with Gasteiger partial charge in [-0.15, -0.1) is 12.4 Å². The molecule has 1 aromatic rings. The fourth-order valence-electron chi connectivity index (χ4n) is 1.29. The zero-order valence-electron chi connectivity index (χ0n) is 10.00. The van der Waals surface area contributed by atoms with Crippen molar-refractivity contribution < 1.29 is 4.79 Å². The molecule has 0 heterocycles. The smallest absolute Gasteiger partial charge is 0.224 e. The molecule has 0 aliphatic rings. The van der Waals surface area contributed by atoms with Gasteiger partial charge < -0.3 is 11.1 Å². The molecule has 1 amide bonds. The number of hydrogen-bond donors (Lipinski definition) is 2. The van der Waals surface area contributed by atoms with Crippen LogP contribution in [0.3, 0.4) is 0 Å². The van der Waals surface area contributed by atoms with E-state index in [1.165, 1.54) is 0 Å². The highest BCUT2D eigenvalue weighted by Crippen LogP contribution is 2.16. The molecule has 1 aromatic carbocycles. The Kier molecular flexibility index (Phi) is 6.75. The lowest BCUT2D eigenvalue weighted by molar-refractivity contribution is -0.121. The van der Waals surface area contributed by atoms with E-state index in [9.17, 15) is 4.79 Å². The highest BCUT2D eigenvalue weighted by Gasteiger charge is 2.18. The van der Waals surface area contributed by atoms with Crippen LogP contribution in [0.2, 0.25) is 0 Å². The first kappa shape index (κ1) is 16.4. The summed E-state index contributed by atoms with van der Waals surface area (Å²) < 4.78 is 0.954. The van der Waals surface area contributed by atoms with Gasteiger partial charge in [0.05, 0.1) is 6.42 Å². The van der Waals surface area contributed by atoms with Gasteiger partial charge in [-0.1, -0.05) is 34.1 Å². The molecule has 0 fully saturated rings. The van der Waals surface area contributed by atoms with E-state index in [1.54, 1.807) is 0 Å². The summed E-state index contributed by atoms with van der Waals surface area (Å²) in [5, 5.41) is 2.90. The van der Waals surface area contributed by atoms with Gasteiger partial charge in [-0.2, -0.15) is 0 Å². The predicted molar refractivity (Wildman–Crippen MR) is 76.4 cm³/mol. The van der Waals surface area contributed by atoms with Crippen molar-refractivity contribution in [1.29, 1.82) is 0 Å². The Morgan fingerprint density at radius 1 is 1.41 bits per heavy atom. The lowest BCUT2D eigenvalue weighted by atomic mass is 10.1. The van der Waals surface area contributed by atoms with Gasteiger partial charge in [0.25, 0.3) is 0 Å². The molecule has 0 radical (unpaired) electrons. The van der Waals surface area contributed by atoms with Crippen molar-refractivity contribution in [3.8, 4) is 0 Å². The lowest BCUT2D eigenvalue weighted by Crippen LogP contribution is -2.49. The monoisotopic (exact) mass is 320 g/mol. The predicted octanol–water partition coefficient (Wildman–Crippen LogP) is 2.27. The van der Waals surface area contributed by atoms with Crippen LogP contribution in [0.1, 0.15) is 19.4 Å². The van der Waals surface area contributed by atoms with Crippen molar-refractivity contribution in [1.82, 2.24) is 5.32 Å². The Hall–Kier alpha value is -0.580. The zero-order valence-corrected chi connectivity index (χ0v) is 12.4. The molecule has 0 aromatic heterocycles. The first-order valence-corrected chi connectivity index (χ1v) is 5.98. The highest BCUT2D eigenvalue weighted by atomic mass is 79.9. The molecule has 3 N–H and O–H groups in total. The average molecular weight is 322 g/mol. The number of amides is 1. The van der Waals surface area contributed by atoms with Crippen molar-refractivity contribution in [2.24, 2.45) is 5.73 Å². The minimum atomic E-state index is -0.349. The molecule has 0 saturated carbocycles. The molecule has 17 heavy (non-hydrogen) atoms. The molecule has 0 bridgehead atoms. The third-order valence-electron chi connectivity index (χ3n) is 2.30. The van der Waals surface area contributed by atoms with Gasteiger partial charge in [0.2, 0.25) is 5.91 Å². The summed E-state index contributed by atoms with van der Waals surface area (Å²) in [6.45, 7) is 4.24. The molecule has 96 valence electrons. The summed E-state index contributed by atoms with van der Waals surface area (Å²) in [6.07, 6.45) is 0.366. The van der Waals surface area contributed by atoms with E-state index in [0.717, 1.165) is 10.0 Å². The van der Waals surface area contributed by atoms with Gasteiger partial charge in [-0.3, -0.25) is 4.79 Å². The topological polar surface area (TPSA) is 55.1 Å². The van der Waals surface area contributed by atoms with Gasteiger partial charge in [0.15, 0.2) is 0 Å². The van der Waals surface area contributed by atoms with E-state index >= 15 is 0 Å². The van der Waals surface area contributed by atoms with Crippen LogP contribution in [0.15, 0.2) is 28.7 Å². The Balaban J connectivity index is 0.00000256. The van der Waals surface area contributed by atoms with Crippen LogP contribution in [-0.4, -0.2) is 18.0 Å². The highest BCUT2D eigenvalue weighted by molar-refractivity contribution is 9.10. The fraction of sp³-hybridized carbons (Fsp3) is 0.417. The van der Waals surface area contributed by atoms with Crippen molar-refractivity contribution in [3.05, 3.63) is 34.3 Å². The number of rotatable bonds is 4. The van der Waals surface area contributed by atoms with Crippen molar-refractivity contribution in [2.75, 3.05) is 6.54 Å². The minimum absolute atomic E-state index is 0. The van der Waals surface area contributed by atoms with Crippen LogP contribution < -0.4 is 11.1 Å². The van der Waals surface area contributed by atoms with Crippen LogP contribution in [0.5, 0.6) is 0 Å². The second-order valence-electron chi connectivity index (χ2n) is 4.40. The normalized spacial score (nSPS) is 10.6. The van der Waals surface area contributed by atoms with E-state index in [-0.39, 0.29) is 23.9 Å². The van der Waals surface area contributed by atoms with Gasteiger partial charge >= 0.3 is 0 Å². The zero-order chi connectivity index (χ0) is 12.2. The molecule has 0 spiro atoms. The third kappa shape index (κ3) is 5.52. The van der Waals surface area contributed by atoms with Gasteiger partial charge in [0, 0.05) is 16.6 Å². The Morgan fingerprint density at radius 2 is 2.00 bits per heavy atom. The maximum Gasteiger partial charge on any atom is 0.224 e. The Labute approximate surface area is 117 Å². The largest absolute Gasteiger partial charge is 0.350 e. The maximum absolute atomic E-state index is 11.8. The first-order valence-electron chi connectivity index (χ1n) is 5.19. The molecule has 3 nitrogen and oxygen atoms in total. The molecule has 0 saturated heterocycles. The molecule has 0 unspecified atom stereocenters. The van der Waals surface area contributed by atoms with Gasteiger partial charge in [-0.25, -0.2) is 0 Å². The molecule has 1 rings (SSSR count). The Morgan fingerprint density at radius 3 is 2.53 bits per heavy atom. The summed E-state index contributed by atoms with van der Waals surface area (Å²) in [6, 6.07) is 7.70. The number of carbonyl (C=O) groups excluding carboxylic acids is 1. The number of nitrogens with one attached hydrogen (secondary N) is 1. The molecular formula is C12H18BrClN2O. The molecule has 0 atom stereocenters. The maximum atomic E-state index is 11.8. The SMILES string of the molecule is CC(C)(CN)NC(=O)Cc1ccccc1Br.Cl. The number of hydrogen-bond acceptors (Lipinski definition) is 2. The van der Waals surface area contributed by atoms with Crippen LogP contribution >= 0.6 is 28.3 Å². The van der Waals surface area contributed by atoms with Crippen molar-refractivity contribution >= 4 is 34.2 Å². The molecule has 0 aliphatic heterocycles. The van der Waals surface area contributed by atoms with Crippen LogP contribution in [0, 0.1) is 0 Å². The van der Waals surface area contributed by atoms with E-state index in [0.29, 0.717) is 13.0 Å². The number of halogens is 2. The van der Waals surface area contributed by atoms with Crippen molar-refractivity contribution in [3.63, 3.8) is 0 Å². The van der Waals surface area contributed by atoms with Crippen molar-refractivity contribution in [2.45, 2.75) is 25.8 Å². The van der Waals surface area contributed by atoms with Crippen LogP contribution in [-0.2, 0) is 11.2 Å². The van der Waals surface area contributed by atoms with E-state index in [2.05, 4.69) is 21.2 Å². The summed E-state index contributed by atoms with van der Waals surface area (Å²) in [7, 11) is 0. The van der Waals surface area contributed by atoms with Crippen LogP contribution in [0.4, 0.5) is 0 Å².